The van der Waals surface area contributed by atoms with Crippen LogP contribution in [-0.2, 0) is 16.0 Å². The average molecular weight is 253 g/mol. The van der Waals surface area contributed by atoms with Gasteiger partial charge in [0, 0.05) is 25.0 Å². The fourth-order valence-corrected chi connectivity index (χ4v) is 2.08. The molecule has 0 aliphatic heterocycles. The Morgan fingerprint density at radius 3 is 2.61 bits per heavy atom. The summed E-state index contributed by atoms with van der Waals surface area (Å²) in [7, 11) is 3.10. The van der Waals surface area contributed by atoms with Crippen LogP contribution in [0.3, 0.4) is 0 Å². The zero-order valence-electron chi connectivity index (χ0n) is 11.9. The molecule has 4 heteroatoms. The summed E-state index contributed by atoms with van der Waals surface area (Å²) in [5, 5.41) is 0. The van der Waals surface area contributed by atoms with E-state index in [1.54, 1.807) is 7.11 Å². The molecule has 0 aromatic carbocycles. The number of carbonyl (C=O) groups is 1. The lowest BCUT2D eigenvalue weighted by Gasteiger charge is -2.15. The predicted octanol–water partition coefficient (Wildman–Crippen LogP) is 2.74. The van der Waals surface area contributed by atoms with Gasteiger partial charge in [0.2, 0.25) is 0 Å². The van der Waals surface area contributed by atoms with Crippen LogP contribution in [0.2, 0.25) is 0 Å². The van der Waals surface area contributed by atoms with Gasteiger partial charge < -0.3 is 14.0 Å². The van der Waals surface area contributed by atoms with Crippen molar-refractivity contribution in [1.29, 1.82) is 0 Å². The first-order valence-electron chi connectivity index (χ1n) is 6.34. The van der Waals surface area contributed by atoms with Crippen LogP contribution in [0.1, 0.15) is 47.9 Å². The molecule has 0 spiro atoms. The summed E-state index contributed by atoms with van der Waals surface area (Å²) in [6.07, 6.45) is 1.04. The Hall–Kier alpha value is -1.29. The molecule has 1 aromatic rings. The van der Waals surface area contributed by atoms with Crippen molar-refractivity contribution >= 4 is 5.97 Å². The van der Waals surface area contributed by atoms with E-state index in [0.717, 1.165) is 18.7 Å². The Kier molecular flexibility index (Phi) is 5.41. The minimum atomic E-state index is -0.270. The first-order chi connectivity index (χ1) is 8.56. The molecule has 0 saturated carbocycles. The van der Waals surface area contributed by atoms with Gasteiger partial charge in [-0.15, -0.1) is 0 Å². The van der Waals surface area contributed by atoms with Crippen LogP contribution in [0.15, 0.2) is 6.07 Å². The lowest BCUT2D eigenvalue weighted by Crippen LogP contribution is -2.12. The number of methoxy groups -OCH3 is 2. The minimum Gasteiger partial charge on any atom is -0.465 e. The molecule has 0 amide bonds. The maximum atomic E-state index is 11.7. The smallest absolute Gasteiger partial charge is 0.339 e. The first-order valence-corrected chi connectivity index (χ1v) is 6.34. The van der Waals surface area contributed by atoms with E-state index in [4.69, 9.17) is 9.47 Å². The second kappa shape index (κ2) is 6.59. The summed E-state index contributed by atoms with van der Waals surface area (Å²) < 4.78 is 12.1. The van der Waals surface area contributed by atoms with Crippen molar-refractivity contribution < 1.29 is 14.3 Å². The van der Waals surface area contributed by atoms with Crippen molar-refractivity contribution in [2.45, 2.75) is 39.7 Å². The molecular weight excluding hydrogens is 230 g/mol. The molecule has 102 valence electrons. The molecule has 0 radical (unpaired) electrons. The summed E-state index contributed by atoms with van der Waals surface area (Å²) in [6.45, 7) is 7.66. The molecule has 1 aromatic heterocycles. The van der Waals surface area contributed by atoms with Gasteiger partial charge in [0.05, 0.1) is 19.3 Å². The Morgan fingerprint density at radius 2 is 2.11 bits per heavy atom. The molecule has 0 aliphatic carbocycles. The fourth-order valence-electron chi connectivity index (χ4n) is 2.08. The quantitative estimate of drug-likeness (QED) is 0.732. The number of rotatable bonds is 6. The average Bonchev–Trinajstić information content (AvgIpc) is 2.71. The fraction of sp³-hybridized carbons (Fsp3) is 0.643. The molecule has 1 unspecified atom stereocenters. The molecular formula is C14H23NO3. The third-order valence-electron chi connectivity index (χ3n) is 3.44. The van der Waals surface area contributed by atoms with Crippen LogP contribution in [0, 0.1) is 6.92 Å². The predicted molar refractivity (Wildman–Crippen MR) is 71.1 cm³/mol. The Morgan fingerprint density at radius 1 is 1.44 bits per heavy atom. The Balaban J connectivity index is 3.17. The Bertz CT molecular complexity index is 409. The van der Waals surface area contributed by atoms with Crippen molar-refractivity contribution in [2.24, 2.45) is 0 Å². The van der Waals surface area contributed by atoms with E-state index in [0.29, 0.717) is 18.1 Å². The third kappa shape index (κ3) is 2.93. The normalized spacial score (nSPS) is 12.5. The third-order valence-corrected chi connectivity index (χ3v) is 3.44. The number of nitrogens with zero attached hydrogens (tertiary/aromatic N) is 1. The van der Waals surface area contributed by atoms with Crippen LogP contribution < -0.4 is 0 Å². The molecule has 18 heavy (non-hydrogen) atoms. The van der Waals surface area contributed by atoms with Gasteiger partial charge in [-0.1, -0.05) is 13.8 Å². The number of carbonyl (C=O) groups excluding carboxylic acids is 1. The van der Waals surface area contributed by atoms with Crippen molar-refractivity contribution in [3.63, 3.8) is 0 Å². The highest BCUT2D eigenvalue weighted by atomic mass is 16.5. The molecule has 1 heterocycles. The van der Waals surface area contributed by atoms with Gasteiger partial charge in [-0.25, -0.2) is 4.79 Å². The van der Waals surface area contributed by atoms with E-state index in [2.05, 4.69) is 18.4 Å². The van der Waals surface area contributed by atoms with Crippen molar-refractivity contribution in [2.75, 3.05) is 20.8 Å². The number of hydrogen-bond donors (Lipinski definition) is 0. The zero-order valence-corrected chi connectivity index (χ0v) is 11.9. The van der Waals surface area contributed by atoms with E-state index in [1.165, 1.54) is 12.8 Å². The Labute approximate surface area is 109 Å². The number of aromatic nitrogens is 1. The van der Waals surface area contributed by atoms with Crippen molar-refractivity contribution in [1.82, 2.24) is 4.57 Å². The van der Waals surface area contributed by atoms with Gasteiger partial charge in [0.1, 0.15) is 0 Å². The monoisotopic (exact) mass is 253 g/mol. The zero-order chi connectivity index (χ0) is 13.7. The summed E-state index contributed by atoms with van der Waals surface area (Å²) in [4.78, 5) is 11.7. The molecule has 1 rings (SSSR count). The highest BCUT2D eigenvalue weighted by molar-refractivity contribution is 5.91. The van der Waals surface area contributed by atoms with Crippen molar-refractivity contribution in [3.05, 3.63) is 23.0 Å². The first kappa shape index (κ1) is 14.8. The van der Waals surface area contributed by atoms with Gasteiger partial charge >= 0.3 is 5.97 Å². The molecule has 0 bridgehead atoms. The van der Waals surface area contributed by atoms with Gasteiger partial charge in [-0.3, -0.25) is 0 Å². The molecule has 0 aliphatic rings. The van der Waals surface area contributed by atoms with Crippen LogP contribution in [-0.4, -0.2) is 31.4 Å². The number of ether oxygens (including phenoxy) is 2. The van der Waals surface area contributed by atoms with E-state index in [9.17, 15) is 4.79 Å². The highest BCUT2D eigenvalue weighted by Crippen LogP contribution is 2.25. The summed E-state index contributed by atoms with van der Waals surface area (Å²) in [5.41, 5.74) is 2.78. The SMILES string of the molecule is CCC(C)c1cc(C(=O)OC)c(C)n1CCOC. The minimum absolute atomic E-state index is 0.270. The highest BCUT2D eigenvalue weighted by Gasteiger charge is 2.20. The van der Waals surface area contributed by atoms with Gasteiger partial charge in [-0.2, -0.15) is 0 Å². The van der Waals surface area contributed by atoms with Crippen LogP contribution in [0.4, 0.5) is 0 Å². The lowest BCUT2D eigenvalue weighted by molar-refractivity contribution is 0.0599. The van der Waals surface area contributed by atoms with E-state index >= 15 is 0 Å². The topological polar surface area (TPSA) is 40.5 Å². The maximum absolute atomic E-state index is 11.7. The van der Waals surface area contributed by atoms with Gasteiger partial charge in [0.15, 0.2) is 0 Å². The van der Waals surface area contributed by atoms with Crippen LogP contribution >= 0.6 is 0 Å². The van der Waals surface area contributed by atoms with Crippen LogP contribution in [0.5, 0.6) is 0 Å². The van der Waals surface area contributed by atoms with Crippen molar-refractivity contribution in [3.8, 4) is 0 Å². The molecule has 1 atom stereocenters. The summed E-state index contributed by atoms with van der Waals surface area (Å²) in [6, 6.07) is 1.95. The second-order valence-electron chi connectivity index (χ2n) is 4.51. The largest absolute Gasteiger partial charge is 0.465 e. The van der Waals surface area contributed by atoms with Gasteiger partial charge in [0.25, 0.3) is 0 Å². The summed E-state index contributed by atoms with van der Waals surface area (Å²) in [5.74, 6) is 0.146. The number of esters is 1. The van der Waals surface area contributed by atoms with E-state index < -0.39 is 0 Å². The second-order valence-corrected chi connectivity index (χ2v) is 4.51. The van der Waals surface area contributed by atoms with E-state index in [1.807, 2.05) is 13.0 Å². The maximum Gasteiger partial charge on any atom is 0.339 e. The molecule has 0 saturated heterocycles. The number of hydrogen-bond acceptors (Lipinski definition) is 3. The lowest BCUT2D eigenvalue weighted by atomic mass is 10.0. The van der Waals surface area contributed by atoms with E-state index in [-0.39, 0.29) is 5.97 Å². The molecule has 0 fully saturated rings. The molecule has 4 nitrogen and oxygen atoms in total. The van der Waals surface area contributed by atoms with Gasteiger partial charge in [-0.05, 0) is 25.3 Å². The summed E-state index contributed by atoms with van der Waals surface area (Å²) >= 11 is 0. The standard InChI is InChI=1S/C14H23NO3/c1-6-10(2)13-9-12(14(16)18-5)11(3)15(13)7-8-17-4/h9-10H,6-8H2,1-5H3. The molecule has 0 N–H and O–H groups in total. The van der Waals surface area contributed by atoms with Crippen LogP contribution in [0.25, 0.3) is 0 Å².